The molecule has 0 aliphatic heterocycles. The van der Waals surface area contributed by atoms with Gasteiger partial charge in [0.2, 0.25) is 0 Å². The zero-order valence-electron chi connectivity index (χ0n) is 11.5. The van der Waals surface area contributed by atoms with Crippen LogP contribution in [0.2, 0.25) is 0 Å². The average molecular weight is 293 g/mol. The van der Waals surface area contributed by atoms with Crippen molar-refractivity contribution in [1.82, 2.24) is 9.55 Å². The molecule has 3 nitrogen and oxygen atoms in total. The van der Waals surface area contributed by atoms with Gasteiger partial charge in [-0.1, -0.05) is 0 Å². The second-order valence-corrected chi connectivity index (χ2v) is 3.68. The summed E-state index contributed by atoms with van der Waals surface area (Å²) in [6.45, 7) is -5.68. The maximum absolute atomic E-state index is 11.8. The first-order valence-corrected chi connectivity index (χ1v) is 4.63. The lowest BCUT2D eigenvalue weighted by Gasteiger charge is -2.03. The lowest BCUT2D eigenvalue weighted by molar-refractivity contribution is 0.759. The molecule has 0 unspecified atom stereocenters. The summed E-state index contributed by atoms with van der Waals surface area (Å²) < 4.78 is 38.5. The molecule has 0 spiro atoms. The highest BCUT2D eigenvalue weighted by atomic mass is 127. The molecule has 0 aliphatic carbocycles. The zero-order chi connectivity index (χ0) is 13.7. The lowest BCUT2D eigenvalue weighted by atomic mass is 10.3. The SMILES string of the molecule is [2H]C([2H])([2H])C([2H])([2H])n1c(=O)ccc2[nH]cc(I)c21. The molecular weight excluding hydrogens is 279 g/mol. The summed E-state index contributed by atoms with van der Waals surface area (Å²) in [4.78, 5) is 14.7. The fourth-order valence-electron chi connectivity index (χ4n) is 1.21. The maximum atomic E-state index is 11.8. The largest absolute Gasteiger partial charge is 0.359 e. The van der Waals surface area contributed by atoms with Crippen LogP contribution < -0.4 is 5.56 Å². The standard InChI is InChI=1S/C9H9IN2O/c1-2-12-8(13)4-3-7-9(12)6(10)5-11-7/h3-5,11H,2H2,1H3/i1D3,2D2. The number of hydrogen-bond acceptors (Lipinski definition) is 1. The number of aromatic amines is 1. The first kappa shape index (κ1) is 4.63. The molecule has 0 bridgehead atoms. The summed E-state index contributed by atoms with van der Waals surface area (Å²) in [5.41, 5.74) is 0.109. The molecule has 2 heterocycles. The Balaban J connectivity index is 2.90. The minimum Gasteiger partial charge on any atom is -0.359 e. The van der Waals surface area contributed by atoms with E-state index >= 15 is 0 Å². The van der Waals surface area contributed by atoms with E-state index in [1.54, 1.807) is 6.20 Å². The Bertz CT molecular complexity index is 657. The van der Waals surface area contributed by atoms with Crippen molar-refractivity contribution in [2.75, 3.05) is 0 Å². The van der Waals surface area contributed by atoms with E-state index in [-0.39, 0.29) is 5.52 Å². The van der Waals surface area contributed by atoms with Gasteiger partial charge < -0.3 is 9.55 Å². The third-order valence-corrected chi connectivity index (χ3v) is 2.61. The molecule has 0 radical (unpaired) electrons. The minimum atomic E-state index is -2.93. The number of nitrogens with one attached hydrogen (secondary N) is 1. The quantitative estimate of drug-likeness (QED) is 0.802. The predicted octanol–water partition coefficient (Wildman–Crippen LogP) is 1.95. The Morgan fingerprint density at radius 1 is 1.77 bits per heavy atom. The molecule has 1 N–H and O–H groups in total. The monoisotopic (exact) mass is 293 g/mol. The van der Waals surface area contributed by atoms with Crippen LogP contribution in [0.3, 0.4) is 0 Å². The van der Waals surface area contributed by atoms with E-state index in [2.05, 4.69) is 4.98 Å². The average Bonchev–Trinajstić information content (AvgIpc) is 2.58. The van der Waals surface area contributed by atoms with Crippen molar-refractivity contribution >= 4 is 33.6 Å². The number of hydrogen-bond donors (Lipinski definition) is 1. The number of rotatable bonds is 1. The van der Waals surface area contributed by atoms with Crippen molar-refractivity contribution in [2.24, 2.45) is 0 Å². The van der Waals surface area contributed by atoms with Gasteiger partial charge in [0.1, 0.15) is 0 Å². The van der Waals surface area contributed by atoms with Crippen LogP contribution in [-0.4, -0.2) is 9.55 Å². The van der Waals surface area contributed by atoms with E-state index in [1.807, 2.05) is 22.6 Å². The van der Waals surface area contributed by atoms with Crippen LogP contribution in [0.15, 0.2) is 23.1 Å². The third kappa shape index (κ3) is 1.29. The van der Waals surface area contributed by atoms with Crippen LogP contribution in [0.4, 0.5) is 0 Å². The molecule has 0 aromatic carbocycles. The van der Waals surface area contributed by atoms with Crippen molar-refractivity contribution in [1.29, 1.82) is 0 Å². The van der Waals surface area contributed by atoms with E-state index in [1.165, 1.54) is 6.07 Å². The summed E-state index contributed by atoms with van der Waals surface area (Å²) in [5, 5.41) is 0. The van der Waals surface area contributed by atoms with Crippen molar-refractivity contribution in [2.45, 2.75) is 13.3 Å². The Hall–Kier alpha value is -0.780. The van der Waals surface area contributed by atoms with E-state index in [9.17, 15) is 4.79 Å². The molecule has 0 saturated heterocycles. The second kappa shape index (κ2) is 3.17. The molecule has 0 saturated carbocycles. The summed E-state index contributed by atoms with van der Waals surface area (Å²) in [6.07, 6.45) is 1.59. The van der Waals surface area contributed by atoms with Gasteiger partial charge in [-0.3, -0.25) is 4.79 Å². The molecule has 2 aromatic heterocycles. The molecule has 68 valence electrons. The number of pyridine rings is 1. The normalized spacial score (nSPS) is 18.7. The summed E-state index contributed by atoms with van der Waals surface area (Å²) >= 11 is 1.92. The topological polar surface area (TPSA) is 37.8 Å². The van der Waals surface area contributed by atoms with Crippen LogP contribution >= 0.6 is 22.6 Å². The van der Waals surface area contributed by atoms with Gasteiger partial charge in [0.05, 0.1) is 14.6 Å². The van der Waals surface area contributed by atoms with Crippen LogP contribution in [0.1, 0.15) is 13.7 Å². The number of aromatic nitrogens is 2. The van der Waals surface area contributed by atoms with E-state index < -0.39 is 18.9 Å². The zero-order valence-corrected chi connectivity index (χ0v) is 8.62. The minimum absolute atomic E-state index is 0.268. The van der Waals surface area contributed by atoms with Crippen molar-refractivity contribution in [3.63, 3.8) is 0 Å². The summed E-state index contributed by atoms with van der Waals surface area (Å²) in [6, 6.07) is 2.66. The fraction of sp³-hybridized carbons (Fsp3) is 0.222. The first-order valence-electron chi connectivity index (χ1n) is 6.05. The van der Waals surface area contributed by atoms with Crippen LogP contribution in [0.5, 0.6) is 0 Å². The lowest BCUT2D eigenvalue weighted by Crippen LogP contribution is -2.17. The molecule has 0 amide bonds. The van der Waals surface area contributed by atoms with E-state index in [4.69, 9.17) is 6.85 Å². The Morgan fingerprint density at radius 3 is 3.38 bits per heavy atom. The van der Waals surface area contributed by atoms with Crippen LogP contribution in [0, 0.1) is 3.57 Å². The smallest absolute Gasteiger partial charge is 0.251 e. The molecule has 0 aliphatic rings. The fourth-order valence-corrected chi connectivity index (χ4v) is 1.90. The van der Waals surface area contributed by atoms with Gasteiger partial charge in [-0.2, -0.15) is 0 Å². The Labute approximate surface area is 95.9 Å². The third-order valence-electron chi connectivity index (χ3n) is 1.78. The highest BCUT2D eigenvalue weighted by Gasteiger charge is 2.05. The van der Waals surface area contributed by atoms with Gasteiger partial charge in [-0.05, 0) is 35.5 Å². The van der Waals surface area contributed by atoms with Gasteiger partial charge in [0.25, 0.3) is 5.56 Å². The summed E-state index contributed by atoms with van der Waals surface area (Å²) in [5.74, 6) is 0. The molecule has 4 heteroatoms. The Kier molecular flexibility index (Phi) is 1.13. The van der Waals surface area contributed by atoms with Gasteiger partial charge in [-0.25, -0.2) is 0 Å². The molecule has 2 aromatic rings. The number of fused-ring (bicyclic) bond motifs is 1. The first-order chi connectivity index (χ1) is 8.16. The van der Waals surface area contributed by atoms with Gasteiger partial charge in [-0.15, -0.1) is 0 Å². The van der Waals surface area contributed by atoms with Crippen molar-refractivity contribution in [3.8, 4) is 0 Å². The van der Waals surface area contributed by atoms with Gasteiger partial charge >= 0.3 is 0 Å². The highest BCUT2D eigenvalue weighted by molar-refractivity contribution is 14.1. The van der Waals surface area contributed by atoms with E-state index in [0.717, 1.165) is 6.07 Å². The number of aryl methyl sites for hydroxylation is 1. The van der Waals surface area contributed by atoms with Crippen LogP contribution in [0.25, 0.3) is 11.0 Å². The van der Waals surface area contributed by atoms with Crippen molar-refractivity contribution < 1.29 is 6.85 Å². The molecule has 13 heavy (non-hydrogen) atoms. The second-order valence-electron chi connectivity index (χ2n) is 2.52. The highest BCUT2D eigenvalue weighted by Crippen LogP contribution is 2.17. The molecule has 2 rings (SSSR count). The molecular formula is C9H9IN2O. The van der Waals surface area contributed by atoms with Gasteiger partial charge in [0.15, 0.2) is 0 Å². The molecule has 0 fully saturated rings. The number of halogens is 1. The number of nitrogens with zero attached hydrogens (tertiary/aromatic N) is 1. The number of H-pyrrole nitrogens is 1. The summed E-state index contributed by atoms with van der Waals surface area (Å²) in [7, 11) is 0. The maximum Gasteiger partial charge on any atom is 0.251 e. The van der Waals surface area contributed by atoms with Gasteiger partial charge in [0, 0.05) is 25.6 Å². The van der Waals surface area contributed by atoms with Crippen LogP contribution in [-0.2, 0) is 6.50 Å². The molecule has 0 atom stereocenters. The van der Waals surface area contributed by atoms with Crippen molar-refractivity contribution in [3.05, 3.63) is 32.3 Å². The predicted molar refractivity (Wildman–Crippen MR) is 60.9 cm³/mol. The van der Waals surface area contributed by atoms with E-state index in [0.29, 0.717) is 13.7 Å². The Morgan fingerprint density at radius 2 is 2.62 bits per heavy atom.